The predicted molar refractivity (Wildman–Crippen MR) is 96.2 cm³/mol. The van der Waals surface area contributed by atoms with Crippen molar-refractivity contribution in [2.75, 3.05) is 18.0 Å². The van der Waals surface area contributed by atoms with Crippen LogP contribution in [0.1, 0.15) is 46.1 Å². The summed E-state index contributed by atoms with van der Waals surface area (Å²) in [4.78, 5) is 17.6. The first-order valence-corrected chi connectivity index (χ1v) is 9.07. The molecule has 0 saturated carbocycles. The number of alkyl halides is 3. The summed E-state index contributed by atoms with van der Waals surface area (Å²) in [6.45, 7) is 7.89. The minimum Gasteiger partial charge on any atom is -0.444 e. The minimum absolute atomic E-state index is 0.0833. The van der Waals surface area contributed by atoms with Crippen molar-refractivity contribution >= 4 is 27.8 Å². The summed E-state index contributed by atoms with van der Waals surface area (Å²) >= 11 is 3.04. The Balaban J connectivity index is 2.08. The second-order valence-electron chi connectivity index (χ2n) is 7.70. The molecular formula is C17H23BrF3N3O2. The van der Waals surface area contributed by atoms with Gasteiger partial charge >= 0.3 is 12.3 Å². The summed E-state index contributed by atoms with van der Waals surface area (Å²) in [6.07, 6.45) is -2.67. The van der Waals surface area contributed by atoms with Crippen LogP contribution >= 0.6 is 15.9 Å². The van der Waals surface area contributed by atoms with Crippen molar-refractivity contribution in [3.05, 3.63) is 22.3 Å². The quantitative estimate of drug-likeness (QED) is 0.725. The lowest BCUT2D eigenvalue weighted by molar-refractivity contribution is -0.137. The Morgan fingerprint density at radius 3 is 2.38 bits per heavy atom. The van der Waals surface area contributed by atoms with Crippen LogP contribution in [-0.4, -0.2) is 35.3 Å². The number of rotatable bonds is 2. The van der Waals surface area contributed by atoms with Gasteiger partial charge in [-0.1, -0.05) is 0 Å². The molecule has 1 aromatic rings. The molecule has 9 heteroatoms. The maximum absolute atomic E-state index is 13.3. The fourth-order valence-corrected chi connectivity index (χ4v) is 3.11. The van der Waals surface area contributed by atoms with E-state index in [4.69, 9.17) is 4.74 Å². The number of carbonyl (C=O) groups excluding carboxylic acids is 1. The average Bonchev–Trinajstić information content (AvgIpc) is 2.45. The van der Waals surface area contributed by atoms with Gasteiger partial charge in [-0.15, -0.1) is 0 Å². The van der Waals surface area contributed by atoms with Crippen molar-refractivity contribution in [3.63, 3.8) is 0 Å². The maximum Gasteiger partial charge on any atom is 0.419 e. The molecule has 1 N–H and O–H groups in total. The van der Waals surface area contributed by atoms with Crippen LogP contribution < -0.4 is 10.2 Å². The van der Waals surface area contributed by atoms with E-state index in [0.717, 1.165) is 6.07 Å². The molecule has 0 atom stereocenters. The summed E-state index contributed by atoms with van der Waals surface area (Å²) in [5, 5.41) is 2.84. The highest BCUT2D eigenvalue weighted by Crippen LogP contribution is 2.38. The van der Waals surface area contributed by atoms with Crippen molar-refractivity contribution in [3.8, 4) is 0 Å². The summed E-state index contributed by atoms with van der Waals surface area (Å²) in [7, 11) is 0. The molecule has 0 bridgehead atoms. The SMILES string of the molecule is CC1(NC(=O)OC(C)(C)C)CCN(c2ncc(Br)cc2C(F)(F)F)CC1. The van der Waals surface area contributed by atoms with E-state index in [0.29, 0.717) is 25.9 Å². The lowest BCUT2D eigenvalue weighted by Crippen LogP contribution is -2.54. The molecule has 1 aliphatic heterocycles. The molecule has 0 spiro atoms. The second kappa shape index (κ2) is 7.25. The molecule has 2 rings (SSSR count). The fourth-order valence-electron chi connectivity index (χ4n) is 2.78. The molecule has 5 nitrogen and oxygen atoms in total. The molecule has 1 fully saturated rings. The molecule has 1 aliphatic rings. The van der Waals surface area contributed by atoms with Gasteiger partial charge < -0.3 is 15.0 Å². The van der Waals surface area contributed by atoms with Crippen LogP contribution in [0.3, 0.4) is 0 Å². The third-order valence-corrected chi connectivity index (χ3v) is 4.54. The zero-order valence-corrected chi connectivity index (χ0v) is 16.8. The van der Waals surface area contributed by atoms with E-state index < -0.39 is 29.0 Å². The number of alkyl carbamates (subject to hydrolysis) is 1. The predicted octanol–water partition coefficient (Wildman–Crippen LogP) is 4.75. The molecule has 2 heterocycles. The van der Waals surface area contributed by atoms with Crippen LogP contribution in [0.15, 0.2) is 16.7 Å². The van der Waals surface area contributed by atoms with E-state index in [9.17, 15) is 18.0 Å². The van der Waals surface area contributed by atoms with Gasteiger partial charge in [0.05, 0.1) is 5.56 Å². The van der Waals surface area contributed by atoms with Crippen LogP contribution in [0.4, 0.5) is 23.8 Å². The molecule has 0 radical (unpaired) electrons. The zero-order valence-electron chi connectivity index (χ0n) is 15.2. The highest BCUT2D eigenvalue weighted by molar-refractivity contribution is 9.10. The Morgan fingerprint density at radius 1 is 1.31 bits per heavy atom. The molecule has 1 saturated heterocycles. The molecule has 0 aliphatic carbocycles. The number of ether oxygens (including phenoxy) is 1. The van der Waals surface area contributed by atoms with Crippen LogP contribution in [-0.2, 0) is 10.9 Å². The Labute approximate surface area is 159 Å². The number of aromatic nitrogens is 1. The average molecular weight is 438 g/mol. The number of nitrogens with zero attached hydrogens (tertiary/aromatic N) is 2. The molecule has 1 amide bonds. The molecule has 0 unspecified atom stereocenters. The highest BCUT2D eigenvalue weighted by atomic mass is 79.9. The van der Waals surface area contributed by atoms with Gasteiger partial charge in [0.1, 0.15) is 11.4 Å². The van der Waals surface area contributed by atoms with Gasteiger partial charge in [-0.25, -0.2) is 9.78 Å². The third kappa shape index (κ3) is 5.49. The van der Waals surface area contributed by atoms with Crippen LogP contribution in [0.5, 0.6) is 0 Å². The monoisotopic (exact) mass is 437 g/mol. The Hall–Kier alpha value is -1.51. The number of pyridine rings is 1. The lowest BCUT2D eigenvalue weighted by Gasteiger charge is -2.41. The van der Waals surface area contributed by atoms with Gasteiger partial charge in [-0.3, -0.25) is 0 Å². The Kier molecular flexibility index (Phi) is 5.80. The van der Waals surface area contributed by atoms with Gasteiger partial charge in [-0.05, 0) is 62.5 Å². The van der Waals surface area contributed by atoms with E-state index in [1.807, 2.05) is 6.92 Å². The second-order valence-corrected chi connectivity index (χ2v) is 8.61. The minimum atomic E-state index is -4.48. The lowest BCUT2D eigenvalue weighted by atomic mass is 9.89. The van der Waals surface area contributed by atoms with Crippen molar-refractivity contribution in [1.82, 2.24) is 10.3 Å². The largest absolute Gasteiger partial charge is 0.444 e. The maximum atomic E-state index is 13.3. The molecule has 26 heavy (non-hydrogen) atoms. The molecular weight excluding hydrogens is 415 g/mol. The van der Waals surface area contributed by atoms with Crippen LogP contribution in [0.2, 0.25) is 0 Å². The number of carbonyl (C=O) groups is 1. The summed E-state index contributed by atoms with van der Waals surface area (Å²) < 4.78 is 45.5. The summed E-state index contributed by atoms with van der Waals surface area (Å²) in [5.41, 5.74) is -1.91. The molecule has 1 aromatic heterocycles. The first-order chi connectivity index (χ1) is 11.8. The number of anilines is 1. The van der Waals surface area contributed by atoms with Crippen molar-refractivity contribution < 1.29 is 22.7 Å². The van der Waals surface area contributed by atoms with Gasteiger partial charge in [0, 0.05) is 29.3 Å². The van der Waals surface area contributed by atoms with Crippen molar-refractivity contribution in [2.45, 2.75) is 57.9 Å². The first kappa shape index (κ1) is 20.8. The Morgan fingerprint density at radius 2 is 1.88 bits per heavy atom. The molecule has 0 aromatic carbocycles. The van der Waals surface area contributed by atoms with Crippen molar-refractivity contribution in [2.24, 2.45) is 0 Å². The van der Waals surface area contributed by atoms with E-state index in [-0.39, 0.29) is 10.3 Å². The van der Waals surface area contributed by atoms with Crippen LogP contribution in [0, 0.1) is 0 Å². The van der Waals surface area contributed by atoms with Gasteiger partial charge in [0.15, 0.2) is 0 Å². The van der Waals surface area contributed by atoms with E-state index in [1.54, 1.807) is 25.7 Å². The first-order valence-electron chi connectivity index (χ1n) is 8.28. The summed E-state index contributed by atoms with van der Waals surface area (Å²) in [5.74, 6) is -0.0833. The topological polar surface area (TPSA) is 54.5 Å². The fraction of sp³-hybridized carbons (Fsp3) is 0.647. The molecule has 146 valence electrons. The summed E-state index contributed by atoms with van der Waals surface area (Å²) in [6, 6.07) is 1.04. The third-order valence-electron chi connectivity index (χ3n) is 4.11. The normalized spacial score (nSPS) is 17.8. The number of hydrogen-bond donors (Lipinski definition) is 1. The number of amides is 1. The highest BCUT2D eigenvalue weighted by Gasteiger charge is 2.39. The number of halogens is 4. The van der Waals surface area contributed by atoms with E-state index >= 15 is 0 Å². The van der Waals surface area contributed by atoms with E-state index in [1.165, 1.54) is 6.20 Å². The van der Waals surface area contributed by atoms with Gasteiger partial charge in [0.2, 0.25) is 0 Å². The van der Waals surface area contributed by atoms with Gasteiger partial charge in [0.25, 0.3) is 0 Å². The smallest absolute Gasteiger partial charge is 0.419 e. The van der Waals surface area contributed by atoms with Crippen molar-refractivity contribution in [1.29, 1.82) is 0 Å². The zero-order chi connectivity index (χ0) is 19.8. The van der Waals surface area contributed by atoms with E-state index in [2.05, 4.69) is 26.2 Å². The van der Waals surface area contributed by atoms with Gasteiger partial charge in [-0.2, -0.15) is 13.2 Å². The number of nitrogens with one attached hydrogen (secondary N) is 1. The number of piperidine rings is 1. The Bertz CT molecular complexity index is 666. The standard InChI is InChI=1S/C17H23BrF3N3O2/c1-15(2,3)26-14(25)23-16(4)5-7-24(8-6-16)13-12(17(19,20)21)9-11(18)10-22-13/h9-10H,5-8H2,1-4H3,(H,23,25). The number of hydrogen-bond acceptors (Lipinski definition) is 4. The van der Waals surface area contributed by atoms with Crippen LogP contribution in [0.25, 0.3) is 0 Å².